The largest absolute Gasteiger partial charge is 0.496 e. The zero-order chi connectivity index (χ0) is 14.5. The minimum Gasteiger partial charge on any atom is -0.496 e. The molecule has 1 aromatic carbocycles. The van der Waals surface area contributed by atoms with Crippen molar-refractivity contribution < 1.29 is 9.13 Å². The Morgan fingerprint density at radius 3 is 2.75 bits per heavy atom. The number of hydrogen-bond acceptors (Lipinski definition) is 3. The van der Waals surface area contributed by atoms with E-state index in [0.29, 0.717) is 0 Å². The second-order valence-electron chi connectivity index (χ2n) is 4.78. The van der Waals surface area contributed by atoms with Gasteiger partial charge in [0.15, 0.2) is 0 Å². The number of hydrogen-bond donors (Lipinski definition) is 1. The van der Waals surface area contributed by atoms with E-state index < -0.39 is 0 Å². The van der Waals surface area contributed by atoms with Gasteiger partial charge in [-0.15, -0.1) is 11.3 Å². The zero-order valence-corrected chi connectivity index (χ0v) is 12.9. The first kappa shape index (κ1) is 15.0. The van der Waals surface area contributed by atoms with Crippen molar-refractivity contribution >= 4 is 11.3 Å². The van der Waals surface area contributed by atoms with E-state index in [1.807, 2.05) is 24.4 Å². The van der Waals surface area contributed by atoms with Crippen molar-refractivity contribution in [3.05, 3.63) is 51.5 Å². The lowest BCUT2D eigenvalue weighted by atomic mass is 9.99. The van der Waals surface area contributed by atoms with Gasteiger partial charge in [-0.3, -0.25) is 0 Å². The van der Waals surface area contributed by atoms with Crippen LogP contribution in [0.25, 0.3) is 0 Å². The molecule has 1 unspecified atom stereocenters. The molecule has 1 atom stereocenters. The molecule has 2 aromatic rings. The van der Waals surface area contributed by atoms with Crippen LogP contribution in [0.5, 0.6) is 5.75 Å². The Morgan fingerprint density at radius 1 is 1.35 bits per heavy atom. The first-order valence-corrected chi connectivity index (χ1v) is 7.65. The van der Waals surface area contributed by atoms with Crippen LogP contribution in [0.2, 0.25) is 0 Å². The van der Waals surface area contributed by atoms with Crippen molar-refractivity contribution in [1.29, 1.82) is 0 Å². The Bertz CT molecular complexity index is 567. The lowest BCUT2D eigenvalue weighted by Crippen LogP contribution is -2.23. The zero-order valence-electron chi connectivity index (χ0n) is 12.1. The van der Waals surface area contributed by atoms with Crippen molar-refractivity contribution in [3.63, 3.8) is 0 Å². The highest BCUT2D eigenvalue weighted by molar-refractivity contribution is 7.10. The molecule has 2 nitrogen and oxygen atoms in total. The summed E-state index contributed by atoms with van der Waals surface area (Å²) in [5, 5.41) is 5.53. The van der Waals surface area contributed by atoms with E-state index in [0.717, 1.165) is 29.8 Å². The molecule has 0 bridgehead atoms. The van der Waals surface area contributed by atoms with E-state index in [1.54, 1.807) is 24.5 Å². The molecule has 0 saturated heterocycles. The molecule has 0 aliphatic rings. The molecule has 108 valence electrons. The summed E-state index contributed by atoms with van der Waals surface area (Å²) < 4.78 is 18.5. The van der Waals surface area contributed by atoms with Gasteiger partial charge < -0.3 is 10.1 Å². The topological polar surface area (TPSA) is 21.3 Å². The molecule has 1 N–H and O–H groups in total. The number of thiophene rings is 1. The highest BCUT2D eigenvalue weighted by atomic mass is 32.1. The van der Waals surface area contributed by atoms with Gasteiger partial charge in [-0.05, 0) is 49.2 Å². The van der Waals surface area contributed by atoms with E-state index in [4.69, 9.17) is 4.74 Å². The van der Waals surface area contributed by atoms with Crippen molar-refractivity contribution in [2.45, 2.75) is 26.3 Å². The molecule has 1 aromatic heterocycles. The van der Waals surface area contributed by atoms with Gasteiger partial charge in [-0.1, -0.05) is 13.0 Å². The van der Waals surface area contributed by atoms with Crippen LogP contribution in [0.4, 0.5) is 4.39 Å². The van der Waals surface area contributed by atoms with E-state index in [2.05, 4.69) is 12.2 Å². The van der Waals surface area contributed by atoms with Gasteiger partial charge in [0.1, 0.15) is 11.6 Å². The Labute approximate surface area is 123 Å². The number of ether oxygens (including phenoxy) is 1. The van der Waals surface area contributed by atoms with Crippen LogP contribution in [0, 0.1) is 12.7 Å². The summed E-state index contributed by atoms with van der Waals surface area (Å²) in [6, 6.07) is 7.10. The van der Waals surface area contributed by atoms with Crippen LogP contribution in [0.15, 0.2) is 29.6 Å². The van der Waals surface area contributed by atoms with Crippen LogP contribution in [0.1, 0.15) is 35.4 Å². The van der Waals surface area contributed by atoms with E-state index in [1.165, 1.54) is 10.9 Å². The molecule has 0 fully saturated rings. The average Bonchev–Trinajstić information content (AvgIpc) is 2.90. The van der Waals surface area contributed by atoms with Crippen LogP contribution in [-0.2, 0) is 0 Å². The lowest BCUT2D eigenvalue weighted by Gasteiger charge is -2.19. The van der Waals surface area contributed by atoms with Gasteiger partial charge in [0.05, 0.1) is 13.2 Å². The molecule has 0 amide bonds. The maximum atomic E-state index is 13.3. The number of rotatable bonds is 6. The molecule has 0 aliphatic heterocycles. The molecule has 0 radical (unpaired) electrons. The summed E-state index contributed by atoms with van der Waals surface area (Å²) in [5.41, 5.74) is 2.08. The van der Waals surface area contributed by atoms with E-state index in [9.17, 15) is 4.39 Å². The maximum Gasteiger partial charge on any atom is 0.129 e. The predicted molar refractivity (Wildman–Crippen MR) is 82.1 cm³/mol. The average molecular weight is 293 g/mol. The van der Waals surface area contributed by atoms with E-state index >= 15 is 0 Å². The second kappa shape index (κ2) is 6.86. The van der Waals surface area contributed by atoms with Gasteiger partial charge in [-0.2, -0.15) is 0 Å². The number of halogens is 1. The number of methoxy groups -OCH3 is 1. The highest BCUT2D eigenvalue weighted by Gasteiger charge is 2.18. The molecule has 0 aliphatic carbocycles. The van der Waals surface area contributed by atoms with Crippen LogP contribution in [0.3, 0.4) is 0 Å². The maximum absolute atomic E-state index is 13.3. The molecule has 4 heteroatoms. The normalized spacial score (nSPS) is 12.4. The van der Waals surface area contributed by atoms with Gasteiger partial charge in [0, 0.05) is 10.3 Å². The van der Waals surface area contributed by atoms with E-state index in [-0.39, 0.29) is 11.9 Å². The summed E-state index contributed by atoms with van der Waals surface area (Å²) in [7, 11) is 1.67. The van der Waals surface area contributed by atoms with Crippen molar-refractivity contribution in [2.24, 2.45) is 0 Å². The molecule has 2 rings (SSSR count). The van der Waals surface area contributed by atoms with Gasteiger partial charge in [0.25, 0.3) is 0 Å². The number of nitrogens with one attached hydrogen (secondary N) is 1. The molecular weight excluding hydrogens is 273 g/mol. The minimum absolute atomic E-state index is 0.0875. The van der Waals surface area contributed by atoms with Crippen molar-refractivity contribution in [3.8, 4) is 5.75 Å². The van der Waals surface area contributed by atoms with Gasteiger partial charge in [0.2, 0.25) is 0 Å². The summed E-state index contributed by atoms with van der Waals surface area (Å²) in [6.07, 6.45) is 1.05. The monoisotopic (exact) mass is 293 g/mol. The predicted octanol–water partition coefficient (Wildman–Crippen LogP) is 4.29. The summed E-state index contributed by atoms with van der Waals surface area (Å²) in [6.45, 7) is 5.00. The number of aryl methyl sites for hydroxylation is 1. The van der Waals surface area contributed by atoms with Crippen molar-refractivity contribution in [2.75, 3.05) is 13.7 Å². The molecular formula is C16H20FNOS. The fourth-order valence-electron chi connectivity index (χ4n) is 2.21. The van der Waals surface area contributed by atoms with Crippen molar-refractivity contribution in [1.82, 2.24) is 5.32 Å². The van der Waals surface area contributed by atoms with Crippen LogP contribution >= 0.6 is 11.3 Å². The SMILES string of the molecule is CCCNC(c1cc(OC)cs1)c1ccc(F)cc1C. The Morgan fingerprint density at radius 2 is 2.15 bits per heavy atom. The quantitative estimate of drug-likeness (QED) is 0.857. The standard InChI is InChI=1S/C16H20FNOS/c1-4-7-18-16(15-9-13(19-3)10-20-15)14-6-5-12(17)8-11(14)2/h5-6,8-10,16,18H,4,7H2,1-3H3. The molecule has 0 spiro atoms. The Kier molecular flexibility index (Phi) is 5.15. The van der Waals surface area contributed by atoms with Crippen LogP contribution < -0.4 is 10.1 Å². The van der Waals surface area contributed by atoms with Gasteiger partial charge >= 0.3 is 0 Å². The lowest BCUT2D eigenvalue weighted by molar-refractivity contribution is 0.416. The number of benzene rings is 1. The fraction of sp³-hybridized carbons (Fsp3) is 0.375. The molecule has 0 saturated carbocycles. The highest BCUT2D eigenvalue weighted by Crippen LogP contribution is 2.32. The fourth-order valence-corrected chi connectivity index (χ4v) is 3.16. The van der Waals surface area contributed by atoms with Gasteiger partial charge in [-0.25, -0.2) is 4.39 Å². The Balaban J connectivity index is 2.35. The van der Waals surface area contributed by atoms with Crippen LogP contribution in [-0.4, -0.2) is 13.7 Å². The summed E-state index contributed by atoms with van der Waals surface area (Å²) >= 11 is 1.66. The Hall–Kier alpha value is -1.39. The first-order chi connectivity index (χ1) is 9.65. The first-order valence-electron chi connectivity index (χ1n) is 6.77. The summed E-state index contributed by atoms with van der Waals surface area (Å²) in [5.74, 6) is 0.678. The third kappa shape index (κ3) is 3.38. The molecule has 1 heterocycles. The third-order valence-electron chi connectivity index (χ3n) is 3.26. The third-order valence-corrected chi connectivity index (χ3v) is 4.23. The summed E-state index contributed by atoms with van der Waals surface area (Å²) in [4.78, 5) is 1.19. The second-order valence-corrected chi connectivity index (χ2v) is 5.72. The smallest absolute Gasteiger partial charge is 0.129 e. The minimum atomic E-state index is -0.191. The molecule has 20 heavy (non-hydrogen) atoms.